The maximum Gasteiger partial charge on any atom is 0.306 e. The van der Waals surface area contributed by atoms with Crippen molar-refractivity contribution in [1.82, 2.24) is 0 Å². The van der Waals surface area contributed by atoms with Crippen molar-refractivity contribution in [2.75, 3.05) is 19.0 Å². The van der Waals surface area contributed by atoms with Crippen molar-refractivity contribution in [3.63, 3.8) is 0 Å². The van der Waals surface area contributed by atoms with Gasteiger partial charge in [0.15, 0.2) is 12.4 Å². The number of carbonyl (C=O) groups is 2. The summed E-state index contributed by atoms with van der Waals surface area (Å²) in [6.45, 7) is 3.68. The van der Waals surface area contributed by atoms with Crippen molar-refractivity contribution >= 4 is 22.1 Å². The predicted molar refractivity (Wildman–Crippen MR) is 206 cm³/mol. The minimum absolute atomic E-state index is 0.157. The number of aliphatic hydroxyl groups excluding tert-OH is 3. The van der Waals surface area contributed by atoms with Gasteiger partial charge in [-0.25, -0.2) is 0 Å². The van der Waals surface area contributed by atoms with Crippen LogP contribution >= 0.6 is 0 Å². The number of carbonyl (C=O) groups excluding carboxylic acids is 2. The lowest BCUT2D eigenvalue weighted by molar-refractivity contribution is -0.297. The highest BCUT2D eigenvalue weighted by atomic mass is 32.2. The average molecular weight is 779 g/mol. The molecule has 0 radical (unpaired) electrons. The molecule has 1 heterocycles. The van der Waals surface area contributed by atoms with E-state index in [0.717, 1.165) is 64.2 Å². The third kappa shape index (κ3) is 26.8. The summed E-state index contributed by atoms with van der Waals surface area (Å²) in [4.78, 5) is 25.2. The monoisotopic (exact) mass is 778 g/mol. The molecule has 0 bridgehead atoms. The van der Waals surface area contributed by atoms with Crippen LogP contribution in [0.25, 0.3) is 0 Å². The summed E-state index contributed by atoms with van der Waals surface area (Å²) >= 11 is 0. The van der Waals surface area contributed by atoms with Crippen LogP contribution in [0.3, 0.4) is 0 Å². The number of esters is 2. The van der Waals surface area contributed by atoms with Crippen LogP contribution in [0.4, 0.5) is 0 Å². The lowest BCUT2D eigenvalue weighted by atomic mass is 10.00. The quantitative estimate of drug-likeness (QED) is 0.0219. The summed E-state index contributed by atoms with van der Waals surface area (Å²) in [5.74, 6) is -1.99. The van der Waals surface area contributed by atoms with Crippen molar-refractivity contribution in [2.45, 2.75) is 211 Å². The Hall–Kier alpha value is -1.61. The van der Waals surface area contributed by atoms with Crippen molar-refractivity contribution < 1.29 is 56.8 Å². The van der Waals surface area contributed by atoms with E-state index in [1.807, 2.05) is 0 Å². The maximum absolute atomic E-state index is 12.7. The first kappa shape index (κ1) is 49.4. The molecule has 312 valence electrons. The summed E-state index contributed by atoms with van der Waals surface area (Å²) in [7, 11) is -4.59. The van der Waals surface area contributed by atoms with Crippen LogP contribution in [0.5, 0.6) is 0 Å². The highest BCUT2D eigenvalue weighted by molar-refractivity contribution is 7.85. The number of hydrogen-bond acceptors (Lipinski definition) is 11. The number of aliphatic hydroxyl groups is 3. The summed E-state index contributed by atoms with van der Waals surface area (Å²) in [6.07, 6.45) is 21.3. The van der Waals surface area contributed by atoms with Crippen LogP contribution in [-0.2, 0) is 38.7 Å². The van der Waals surface area contributed by atoms with E-state index in [1.54, 1.807) is 0 Å². The van der Waals surface area contributed by atoms with Crippen LogP contribution < -0.4 is 0 Å². The summed E-state index contributed by atoms with van der Waals surface area (Å²) in [6, 6.07) is 0. The third-order valence-electron chi connectivity index (χ3n) is 9.58. The fourth-order valence-corrected chi connectivity index (χ4v) is 7.02. The Morgan fingerprint density at radius 2 is 1.11 bits per heavy atom. The van der Waals surface area contributed by atoms with E-state index in [4.69, 9.17) is 18.9 Å². The van der Waals surface area contributed by atoms with E-state index >= 15 is 0 Å². The molecule has 6 atom stereocenters. The van der Waals surface area contributed by atoms with Gasteiger partial charge in [0.2, 0.25) is 0 Å². The molecule has 0 aromatic rings. The molecular formula is C40H74O12S. The highest BCUT2D eigenvalue weighted by Crippen LogP contribution is 2.24. The number of unbranched alkanes of at least 4 members (excludes halogenated alkanes) is 20. The van der Waals surface area contributed by atoms with Crippen LogP contribution in [-0.4, -0.2) is 96.0 Å². The van der Waals surface area contributed by atoms with Crippen molar-refractivity contribution in [3.8, 4) is 0 Å². The second-order valence-corrected chi connectivity index (χ2v) is 16.2. The average Bonchev–Trinajstić information content (AvgIpc) is 3.12. The largest absolute Gasteiger partial charge is 0.462 e. The van der Waals surface area contributed by atoms with Crippen LogP contribution in [0, 0.1) is 0 Å². The molecule has 4 N–H and O–H groups in total. The first-order valence-electron chi connectivity index (χ1n) is 20.7. The van der Waals surface area contributed by atoms with Crippen LogP contribution in [0.1, 0.15) is 174 Å². The van der Waals surface area contributed by atoms with Gasteiger partial charge in [0.25, 0.3) is 10.1 Å². The van der Waals surface area contributed by atoms with Gasteiger partial charge in [0.05, 0.1) is 6.61 Å². The van der Waals surface area contributed by atoms with Crippen LogP contribution in [0.15, 0.2) is 12.2 Å². The van der Waals surface area contributed by atoms with E-state index in [0.29, 0.717) is 12.8 Å². The summed E-state index contributed by atoms with van der Waals surface area (Å²) < 4.78 is 53.8. The Morgan fingerprint density at radius 1 is 0.623 bits per heavy atom. The first-order chi connectivity index (χ1) is 25.5. The molecule has 1 fully saturated rings. The Labute approximate surface area is 320 Å². The second-order valence-electron chi connectivity index (χ2n) is 14.7. The number of allylic oxidation sites excluding steroid dienone is 2. The molecular weight excluding hydrogens is 704 g/mol. The fourth-order valence-electron chi connectivity index (χ4n) is 6.33. The standard InChI is InChI=1S/C40H74O12S/c1-3-5-7-9-11-13-15-16-17-18-19-21-22-24-26-28-35(41)49-30-33(51-36(42)29-27-25-23-20-14-12-10-8-6-4-2)31-50-40-39(45)38(44)37(43)34(52-40)32-53(46,47)48/h8,10,33-34,37-40,43-45H,3-7,9,11-32H2,1-2H3,(H,46,47,48)/b10-8-. The number of rotatable bonds is 34. The number of ether oxygens (including phenoxy) is 4. The Balaban J connectivity index is 2.46. The highest BCUT2D eigenvalue weighted by Gasteiger charge is 2.46. The zero-order valence-corrected chi connectivity index (χ0v) is 33.7. The zero-order chi connectivity index (χ0) is 39.2. The lowest BCUT2D eigenvalue weighted by Crippen LogP contribution is -2.60. The normalized spacial score (nSPS) is 21.2. The molecule has 1 rings (SSSR count). The van der Waals surface area contributed by atoms with Crippen LogP contribution in [0.2, 0.25) is 0 Å². The smallest absolute Gasteiger partial charge is 0.306 e. The molecule has 1 aliphatic rings. The molecule has 1 aliphatic heterocycles. The molecule has 0 spiro atoms. The molecule has 13 heteroatoms. The molecule has 0 aromatic heterocycles. The Bertz CT molecular complexity index is 1050. The van der Waals surface area contributed by atoms with Gasteiger partial charge in [0, 0.05) is 12.8 Å². The summed E-state index contributed by atoms with van der Waals surface area (Å²) in [5, 5.41) is 30.8. The van der Waals surface area contributed by atoms with Crippen molar-refractivity contribution in [1.29, 1.82) is 0 Å². The van der Waals surface area contributed by atoms with E-state index in [1.165, 1.54) is 70.6 Å². The molecule has 0 aromatic carbocycles. The Kier molecular flexibility index (Phi) is 29.4. The van der Waals surface area contributed by atoms with Gasteiger partial charge in [-0.1, -0.05) is 142 Å². The minimum atomic E-state index is -4.59. The van der Waals surface area contributed by atoms with Gasteiger partial charge in [-0.15, -0.1) is 0 Å². The molecule has 0 aliphatic carbocycles. The topological polar surface area (TPSA) is 186 Å². The van der Waals surface area contributed by atoms with Crippen molar-refractivity contribution in [3.05, 3.63) is 12.2 Å². The third-order valence-corrected chi connectivity index (χ3v) is 10.3. The lowest BCUT2D eigenvalue weighted by Gasteiger charge is -2.40. The molecule has 1 saturated heterocycles. The molecule has 0 saturated carbocycles. The Morgan fingerprint density at radius 3 is 1.64 bits per heavy atom. The van der Waals surface area contributed by atoms with Crippen molar-refractivity contribution in [2.24, 2.45) is 0 Å². The molecule has 53 heavy (non-hydrogen) atoms. The van der Waals surface area contributed by atoms with E-state index in [2.05, 4.69) is 26.0 Å². The molecule has 12 nitrogen and oxygen atoms in total. The molecule has 0 amide bonds. The van der Waals surface area contributed by atoms with E-state index in [9.17, 15) is 37.9 Å². The van der Waals surface area contributed by atoms with Gasteiger partial charge in [0.1, 0.15) is 36.8 Å². The van der Waals surface area contributed by atoms with Gasteiger partial charge < -0.3 is 34.3 Å². The minimum Gasteiger partial charge on any atom is -0.462 e. The van der Waals surface area contributed by atoms with Gasteiger partial charge >= 0.3 is 11.9 Å². The first-order valence-corrected chi connectivity index (χ1v) is 22.4. The van der Waals surface area contributed by atoms with E-state index in [-0.39, 0.29) is 19.4 Å². The zero-order valence-electron chi connectivity index (χ0n) is 32.9. The maximum atomic E-state index is 12.7. The number of hydrogen-bond donors (Lipinski definition) is 4. The van der Waals surface area contributed by atoms with Gasteiger partial charge in [-0.2, -0.15) is 8.42 Å². The molecule has 6 unspecified atom stereocenters. The fraction of sp³-hybridized carbons (Fsp3) is 0.900. The SMILES string of the molecule is CCC/C=C\CCCCCCCC(=O)OC(COC(=O)CCCCCCCCCCCCCCCCC)COC1OC(CS(=O)(=O)O)C(O)C(O)C1O. The second kappa shape index (κ2) is 31.6. The van der Waals surface area contributed by atoms with Gasteiger partial charge in [-0.05, 0) is 32.1 Å². The van der Waals surface area contributed by atoms with Gasteiger partial charge in [-0.3, -0.25) is 14.1 Å². The summed E-state index contributed by atoms with van der Waals surface area (Å²) in [5.41, 5.74) is 0. The van der Waals surface area contributed by atoms with E-state index < -0.39 is 71.2 Å². The predicted octanol–water partition coefficient (Wildman–Crippen LogP) is 7.50.